The van der Waals surface area contributed by atoms with Gasteiger partial charge >= 0.3 is 0 Å². The molecule has 0 unspecified atom stereocenters. The van der Waals surface area contributed by atoms with Crippen LogP contribution in [0.15, 0.2) is 48.8 Å². The number of nitrogens with two attached hydrogens (primary N) is 1. The van der Waals surface area contributed by atoms with Crippen LogP contribution in [0.3, 0.4) is 0 Å². The molecule has 0 atom stereocenters. The summed E-state index contributed by atoms with van der Waals surface area (Å²) in [6.07, 6.45) is 5.00. The molecule has 2 N–H and O–H groups in total. The summed E-state index contributed by atoms with van der Waals surface area (Å²) in [7, 11) is 0. The van der Waals surface area contributed by atoms with Gasteiger partial charge in [0.2, 0.25) is 0 Å². The highest BCUT2D eigenvalue weighted by Gasteiger charge is 2.26. The lowest BCUT2D eigenvalue weighted by Crippen LogP contribution is -2.38. The molecule has 3 aromatic rings. The largest absolute Gasteiger partial charge is 0.397 e. The SMILES string of the molecule is Cc1nccc(C2CCN(C(=O)c3cc(F)cc(-c4ncccc4N)c3)CC2)n1. The van der Waals surface area contributed by atoms with E-state index < -0.39 is 5.82 Å². The van der Waals surface area contributed by atoms with Crippen LogP contribution in [0.25, 0.3) is 11.3 Å². The number of carbonyl (C=O) groups excluding carboxylic acids is 1. The number of nitrogen functional groups attached to an aromatic ring is 1. The Bertz CT molecular complexity index is 1050. The molecule has 29 heavy (non-hydrogen) atoms. The van der Waals surface area contributed by atoms with E-state index in [1.54, 1.807) is 35.5 Å². The fraction of sp³-hybridized carbons (Fsp3) is 0.273. The van der Waals surface area contributed by atoms with E-state index in [1.807, 2.05) is 13.0 Å². The number of aromatic nitrogens is 3. The van der Waals surface area contributed by atoms with Crippen LogP contribution in [0.1, 0.15) is 40.6 Å². The van der Waals surface area contributed by atoms with Crippen molar-refractivity contribution in [3.63, 3.8) is 0 Å². The first-order chi connectivity index (χ1) is 14.0. The van der Waals surface area contributed by atoms with Gasteiger partial charge in [-0.15, -0.1) is 0 Å². The van der Waals surface area contributed by atoms with E-state index in [1.165, 1.54) is 12.1 Å². The molecule has 0 aliphatic carbocycles. The molecular formula is C22H22FN5O. The zero-order chi connectivity index (χ0) is 20.4. The van der Waals surface area contributed by atoms with Gasteiger partial charge in [-0.2, -0.15) is 0 Å². The second-order valence-corrected chi connectivity index (χ2v) is 7.27. The zero-order valence-corrected chi connectivity index (χ0v) is 16.2. The minimum atomic E-state index is -0.484. The van der Waals surface area contributed by atoms with Gasteiger partial charge in [-0.05, 0) is 56.2 Å². The van der Waals surface area contributed by atoms with E-state index in [0.717, 1.165) is 24.4 Å². The van der Waals surface area contributed by atoms with Crippen LogP contribution in [0.2, 0.25) is 0 Å². The van der Waals surface area contributed by atoms with Crippen molar-refractivity contribution in [2.75, 3.05) is 18.8 Å². The smallest absolute Gasteiger partial charge is 0.253 e. The highest BCUT2D eigenvalue weighted by molar-refractivity contribution is 5.95. The molecule has 3 heterocycles. The number of piperidine rings is 1. The maximum atomic E-state index is 14.2. The Morgan fingerprint density at radius 2 is 1.93 bits per heavy atom. The molecule has 1 saturated heterocycles. The fourth-order valence-corrected chi connectivity index (χ4v) is 3.77. The van der Waals surface area contributed by atoms with Gasteiger partial charge in [0.1, 0.15) is 11.6 Å². The first-order valence-electron chi connectivity index (χ1n) is 9.61. The molecule has 1 aliphatic rings. The summed E-state index contributed by atoms with van der Waals surface area (Å²) in [6.45, 7) is 3.08. The van der Waals surface area contributed by atoms with Crippen molar-refractivity contribution in [1.29, 1.82) is 0 Å². The van der Waals surface area contributed by atoms with Crippen molar-refractivity contribution in [3.8, 4) is 11.3 Å². The molecule has 148 valence electrons. The highest BCUT2D eigenvalue weighted by Crippen LogP contribution is 2.29. The Labute approximate surface area is 168 Å². The van der Waals surface area contributed by atoms with Crippen molar-refractivity contribution < 1.29 is 9.18 Å². The number of anilines is 1. The Kier molecular flexibility index (Phi) is 5.20. The number of carbonyl (C=O) groups is 1. The van der Waals surface area contributed by atoms with E-state index in [4.69, 9.17) is 5.73 Å². The van der Waals surface area contributed by atoms with Crippen LogP contribution in [0.4, 0.5) is 10.1 Å². The summed E-state index contributed by atoms with van der Waals surface area (Å²) in [5.41, 5.74) is 8.70. The lowest BCUT2D eigenvalue weighted by molar-refractivity contribution is 0.0711. The Morgan fingerprint density at radius 1 is 1.14 bits per heavy atom. The standard InChI is InChI=1S/C22H22FN5O/c1-14-25-8-4-20(27-14)15-5-9-28(10-6-15)22(29)17-11-16(12-18(23)13-17)21-19(24)3-2-7-26-21/h2-4,7-8,11-13,15H,5-6,9-10,24H2,1H3. The van der Waals surface area contributed by atoms with Gasteiger partial charge < -0.3 is 10.6 Å². The molecule has 2 aromatic heterocycles. The Morgan fingerprint density at radius 3 is 2.66 bits per heavy atom. The molecule has 0 radical (unpaired) electrons. The summed E-state index contributed by atoms with van der Waals surface area (Å²) in [6, 6.07) is 9.63. The van der Waals surface area contributed by atoms with Crippen LogP contribution < -0.4 is 5.73 Å². The summed E-state index contributed by atoms with van der Waals surface area (Å²) < 4.78 is 14.2. The van der Waals surface area contributed by atoms with Crippen LogP contribution in [-0.2, 0) is 0 Å². The maximum absolute atomic E-state index is 14.2. The lowest BCUT2D eigenvalue weighted by atomic mass is 9.92. The molecule has 0 spiro atoms. The normalized spacial score (nSPS) is 14.8. The second-order valence-electron chi connectivity index (χ2n) is 7.27. The van der Waals surface area contributed by atoms with E-state index >= 15 is 0 Å². The number of aryl methyl sites for hydroxylation is 1. The first-order valence-corrected chi connectivity index (χ1v) is 9.61. The third kappa shape index (κ3) is 4.08. The van der Waals surface area contributed by atoms with Crippen molar-refractivity contribution in [2.45, 2.75) is 25.7 Å². The quantitative estimate of drug-likeness (QED) is 0.738. The minimum Gasteiger partial charge on any atom is -0.397 e. The molecule has 7 heteroatoms. The van der Waals surface area contributed by atoms with Crippen LogP contribution in [0, 0.1) is 12.7 Å². The summed E-state index contributed by atoms with van der Waals surface area (Å²) in [5, 5.41) is 0. The predicted octanol–water partition coefficient (Wildman–Crippen LogP) is 3.59. The number of benzene rings is 1. The van der Waals surface area contributed by atoms with Crippen molar-refractivity contribution >= 4 is 11.6 Å². The maximum Gasteiger partial charge on any atom is 0.253 e. The van der Waals surface area contributed by atoms with E-state index in [-0.39, 0.29) is 5.91 Å². The number of nitrogens with zero attached hydrogens (tertiary/aromatic N) is 4. The number of hydrogen-bond donors (Lipinski definition) is 1. The van der Waals surface area contributed by atoms with Gasteiger partial charge in [0.25, 0.3) is 5.91 Å². The van der Waals surface area contributed by atoms with Crippen molar-refractivity contribution in [3.05, 3.63) is 71.7 Å². The van der Waals surface area contributed by atoms with E-state index in [9.17, 15) is 9.18 Å². The van der Waals surface area contributed by atoms with Gasteiger partial charge in [-0.25, -0.2) is 14.4 Å². The number of likely N-dealkylation sites (tertiary alicyclic amines) is 1. The summed E-state index contributed by atoms with van der Waals surface area (Å²) in [5.74, 6) is 0.388. The predicted molar refractivity (Wildman–Crippen MR) is 109 cm³/mol. The van der Waals surface area contributed by atoms with Crippen molar-refractivity contribution in [1.82, 2.24) is 19.9 Å². The van der Waals surface area contributed by atoms with Crippen molar-refractivity contribution in [2.24, 2.45) is 0 Å². The number of hydrogen-bond acceptors (Lipinski definition) is 5. The molecule has 0 saturated carbocycles. The summed E-state index contributed by atoms with van der Waals surface area (Å²) in [4.78, 5) is 27.6. The second kappa shape index (κ2) is 7.95. The topological polar surface area (TPSA) is 85.0 Å². The van der Waals surface area contributed by atoms with Gasteiger partial charge in [0, 0.05) is 48.2 Å². The minimum absolute atomic E-state index is 0.183. The summed E-state index contributed by atoms with van der Waals surface area (Å²) >= 11 is 0. The van der Waals surface area contributed by atoms with E-state index in [0.29, 0.717) is 41.5 Å². The van der Waals surface area contributed by atoms with Gasteiger partial charge in [0.05, 0.1) is 11.4 Å². The number of amides is 1. The fourth-order valence-electron chi connectivity index (χ4n) is 3.77. The van der Waals surface area contributed by atoms with E-state index in [2.05, 4.69) is 15.0 Å². The average Bonchev–Trinajstić information content (AvgIpc) is 2.73. The third-order valence-corrected chi connectivity index (χ3v) is 5.26. The zero-order valence-electron chi connectivity index (χ0n) is 16.2. The molecule has 6 nitrogen and oxygen atoms in total. The molecule has 1 aliphatic heterocycles. The number of rotatable bonds is 3. The molecule has 1 fully saturated rings. The molecular weight excluding hydrogens is 369 g/mol. The van der Waals surface area contributed by atoms with Gasteiger partial charge in [-0.3, -0.25) is 9.78 Å². The molecule has 1 aromatic carbocycles. The lowest BCUT2D eigenvalue weighted by Gasteiger charge is -2.32. The van der Waals surface area contributed by atoms with Crippen LogP contribution in [0.5, 0.6) is 0 Å². The number of pyridine rings is 1. The van der Waals surface area contributed by atoms with Crippen LogP contribution in [-0.4, -0.2) is 38.8 Å². The van der Waals surface area contributed by atoms with Crippen LogP contribution >= 0.6 is 0 Å². The Hall–Kier alpha value is -3.35. The monoisotopic (exact) mass is 391 g/mol. The van der Waals surface area contributed by atoms with Gasteiger partial charge in [0.15, 0.2) is 0 Å². The average molecular weight is 391 g/mol. The number of halogens is 1. The van der Waals surface area contributed by atoms with Gasteiger partial charge in [-0.1, -0.05) is 0 Å². The molecule has 1 amide bonds. The first kappa shape index (κ1) is 19.0. The Balaban J connectivity index is 1.51. The highest BCUT2D eigenvalue weighted by atomic mass is 19.1. The molecule has 4 rings (SSSR count). The molecule has 0 bridgehead atoms. The third-order valence-electron chi connectivity index (χ3n) is 5.26.